The number of halogens is 3. The smallest absolute Gasteiger partial charge is 0.295 e. The maximum Gasteiger partial charge on any atom is 0.295 e. The molecule has 32 heavy (non-hydrogen) atoms. The Balaban J connectivity index is 1.68. The lowest BCUT2D eigenvalue weighted by atomic mass is 10.1. The predicted octanol–water partition coefficient (Wildman–Crippen LogP) is 5.23. The zero-order valence-corrected chi connectivity index (χ0v) is 18.8. The van der Waals surface area contributed by atoms with Crippen LogP contribution in [0.1, 0.15) is 16.8 Å². The minimum Gasteiger partial charge on any atom is -0.487 e. The Morgan fingerprint density at radius 2 is 1.94 bits per heavy atom. The molecule has 4 rings (SSSR count). The first-order chi connectivity index (χ1) is 15.2. The van der Waals surface area contributed by atoms with Gasteiger partial charge in [0.05, 0.1) is 11.9 Å². The van der Waals surface area contributed by atoms with Gasteiger partial charge in [0.25, 0.3) is 11.5 Å². The molecule has 166 valence electrons. The van der Waals surface area contributed by atoms with Gasteiger partial charge in [-0.05, 0) is 59.6 Å². The van der Waals surface area contributed by atoms with Crippen molar-refractivity contribution in [3.05, 3.63) is 97.9 Å². The van der Waals surface area contributed by atoms with Crippen molar-refractivity contribution in [2.75, 3.05) is 11.6 Å². The van der Waals surface area contributed by atoms with Crippen molar-refractivity contribution in [3.63, 3.8) is 0 Å². The van der Waals surface area contributed by atoms with Crippen LogP contribution in [0, 0.1) is 25.5 Å². The summed E-state index contributed by atoms with van der Waals surface area (Å²) in [6.45, 7) is 3.65. The second-order valence-corrected chi connectivity index (χ2v) is 8.10. The molecule has 0 bridgehead atoms. The van der Waals surface area contributed by atoms with Crippen molar-refractivity contribution in [3.8, 4) is 11.4 Å². The molecule has 0 radical (unpaired) electrons. The SMILES string of the molecule is Cc1ccc(N2C=C(O)OC2)cc1-n1c(C)cc(OCc2ccc(F)cc2F)c(Br)c1=O. The number of benzene rings is 2. The van der Waals surface area contributed by atoms with Crippen molar-refractivity contribution < 1.29 is 23.4 Å². The van der Waals surface area contributed by atoms with E-state index in [2.05, 4.69) is 15.9 Å². The van der Waals surface area contributed by atoms with E-state index < -0.39 is 11.6 Å². The third-order valence-electron chi connectivity index (χ3n) is 5.08. The van der Waals surface area contributed by atoms with Crippen molar-refractivity contribution in [1.29, 1.82) is 0 Å². The zero-order valence-electron chi connectivity index (χ0n) is 17.2. The van der Waals surface area contributed by atoms with Crippen LogP contribution in [-0.4, -0.2) is 16.4 Å². The number of pyridine rings is 1. The van der Waals surface area contributed by atoms with E-state index in [1.54, 1.807) is 17.9 Å². The Labute approximate surface area is 191 Å². The van der Waals surface area contributed by atoms with Crippen LogP contribution in [0.15, 0.2) is 63.9 Å². The molecule has 2 heterocycles. The highest BCUT2D eigenvalue weighted by Crippen LogP contribution is 2.29. The molecule has 0 unspecified atom stereocenters. The quantitative estimate of drug-likeness (QED) is 0.515. The summed E-state index contributed by atoms with van der Waals surface area (Å²) >= 11 is 3.30. The number of rotatable bonds is 5. The lowest BCUT2D eigenvalue weighted by Crippen LogP contribution is -2.23. The number of aromatic nitrogens is 1. The minimum absolute atomic E-state index is 0.160. The highest BCUT2D eigenvalue weighted by atomic mass is 79.9. The van der Waals surface area contributed by atoms with Crippen LogP contribution in [0.25, 0.3) is 5.69 Å². The first-order valence-electron chi connectivity index (χ1n) is 9.64. The summed E-state index contributed by atoms with van der Waals surface area (Å²) in [6, 6.07) is 10.5. The van der Waals surface area contributed by atoms with E-state index in [0.29, 0.717) is 11.4 Å². The van der Waals surface area contributed by atoms with Crippen LogP contribution in [0.2, 0.25) is 0 Å². The molecule has 3 aromatic rings. The minimum atomic E-state index is -0.718. The Kier molecular flexibility index (Phi) is 5.92. The van der Waals surface area contributed by atoms with Gasteiger partial charge in [-0.1, -0.05) is 6.07 Å². The molecule has 1 aromatic heterocycles. The first kappa shape index (κ1) is 21.9. The van der Waals surface area contributed by atoms with Gasteiger partial charge in [0, 0.05) is 29.1 Å². The van der Waals surface area contributed by atoms with Gasteiger partial charge in [-0.2, -0.15) is 0 Å². The third-order valence-corrected chi connectivity index (χ3v) is 5.81. The molecule has 1 aliphatic heterocycles. The maximum atomic E-state index is 13.9. The van der Waals surface area contributed by atoms with Gasteiger partial charge >= 0.3 is 0 Å². The van der Waals surface area contributed by atoms with Crippen LogP contribution in [0.3, 0.4) is 0 Å². The van der Waals surface area contributed by atoms with Crippen molar-refractivity contribution in [2.45, 2.75) is 20.5 Å². The zero-order chi connectivity index (χ0) is 23.0. The summed E-state index contributed by atoms with van der Waals surface area (Å²) < 4.78 is 39.4. The van der Waals surface area contributed by atoms with Gasteiger partial charge in [0.1, 0.15) is 28.5 Å². The molecule has 6 nitrogen and oxygen atoms in total. The molecular formula is C23H19BrF2N2O4. The molecule has 1 N–H and O–H groups in total. The number of hydrogen-bond acceptors (Lipinski definition) is 5. The lowest BCUT2D eigenvalue weighted by molar-refractivity contribution is 0.119. The number of nitrogens with zero attached hydrogens (tertiary/aromatic N) is 2. The predicted molar refractivity (Wildman–Crippen MR) is 119 cm³/mol. The molecule has 0 aliphatic carbocycles. The summed E-state index contributed by atoms with van der Waals surface area (Å²) in [5.41, 5.74) is 2.68. The summed E-state index contributed by atoms with van der Waals surface area (Å²) in [5.74, 6) is -1.32. The fourth-order valence-electron chi connectivity index (χ4n) is 3.39. The van der Waals surface area contributed by atoms with E-state index in [1.165, 1.54) is 16.8 Å². The van der Waals surface area contributed by atoms with Crippen LogP contribution >= 0.6 is 15.9 Å². The molecule has 0 amide bonds. The molecule has 0 fully saturated rings. The summed E-state index contributed by atoms with van der Waals surface area (Å²) in [5, 5.41) is 9.50. The largest absolute Gasteiger partial charge is 0.487 e. The van der Waals surface area contributed by atoms with Gasteiger partial charge in [0.15, 0.2) is 6.73 Å². The van der Waals surface area contributed by atoms with Gasteiger partial charge in [0.2, 0.25) is 0 Å². The van der Waals surface area contributed by atoms with E-state index in [-0.39, 0.29) is 40.6 Å². The molecule has 0 saturated heterocycles. The van der Waals surface area contributed by atoms with Crippen LogP contribution < -0.4 is 15.2 Å². The van der Waals surface area contributed by atoms with Crippen molar-refractivity contribution in [1.82, 2.24) is 4.57 Å². The number of aryl methyl sites for hydroxylation is 2. The third kappa shape index (κ3) is 4.20. The van der Waals surface area contributed by atoms with Crippen LogP contribution in [-0.2, 0) is 11.3 Å². The monoisotopic (exact) mass is 504 g/mol. The first-order valence-corrected chi connectivity index (χ1v) is 10.4. The lowest BCUT2D eigenvalue weighted by Gasteiger charge is -2.19. The second kappa shape index (κ2) is 8.66. The van der Waals surface area contributed by atoms with E-state index in [4.69, 9.17) is 9.47 Å². The summed E-state index contributed by atoms with van der Waals surface area (Å²) in [4.78, 5) is 14.9. The van der Waals surface area contributed by atoms with E-state index in [1.807, 2.05) is 25.1 Å². The highest BCUT2D eigenvalue weighted by molar-refractivity contribution is 9.10. The van der Waals surface area contributed by atoms with Gasteiger partial charge in [-0.3, -0.25) is 9.36 Å². The van der Waals surface area contributed by atoms with Gasteiger partial charge < -0.3 is 19.5 Å². The number of ether oxygens (including phenoxy) is 2. The van der Waals surface area contributed by atoms with E-state index in [0.717, 1.165) is 23.4 Å². The summed E-state index contributed by atoms with van der Waals surface area (Å²) in [6.07, 6.45) is 1.46. The standard InChI is InChI=1S/C23H19BrF2N2O4/c1-13-3-6-17(27-10-21(29)32-12-27)9-19(13)28-14(2)7-20(22(24)23(28)30)31-11-15-4-5-16(25)8-18(15)26/h3-10,29H,11-12H2,1-2H3. The normalized spacial score (nSPS) is 13.2. The topological polar surface area (TPSA) is 63.9 Å². The Morgan fingerprint density at radius 1 is 1.16 bits per heavy atom. The van der Waals surface area contributed by atoms with Crippen molar-refractivity contribution >= 4 is 21.6 Å². The molecule has 2 aromatic carbocycles. The molecular weight excluding hydrogens is 486 g/mol. The molecule has 9 heteroatoms. The fourth-order valence-corrected chi connectivity index (χ4v) is 3.80. The highest BCUT2D eigenvalue weighted by Gasteiger charge is 2.19. The Morgan fingerprint density at radius 3 is 2.62 bits per heavy atom. The molecule has 0 atom stereocenters. The summed E-state index contributed by atoms with van der Waals surface area (Å²) in [7, 11) is 0. The molecule has 0 saturated carbocycles. The Hall–Kier alpha value is -3.33. The number of aliphatic hydroxyl groups excluding tert-OH is 1. The van der Waals surface area contributed by atoms with E-state index >= 15 is 0 Å². The number of hydrogen-bond donors (Lipinski definition) is 1. The van der Waals surface area contributed by atoms with Gasteiger partial charge in [-0.25, -0.2) is 8.78 Å². The van der Waals surface area contributed by atoms with Crippen LogP contribution in [0.5, 0.6) is 5.75 Å². The average Bonchev–Trinajstić information content (AvgIpc) is 3.18. The second-order valence-electron chi connectivity index (χ2n) is 7.31. The Bertz CT molecular complexity index is 1290. The van der Waals surface area contributed by atoms with Gasteiger partial charge in [-0.15, -0.1) is 0 Å². The number of aliphatic hydroxyl groups is 1. The number of anilines is 1. The van der Waals surface area contributed by atoms with Crippen LogP contribution in [0.4, 0.5) is 14.5 Å². The molecule has 1 aliphatic rings. The van der Waals surface area contributed by atoms with Crippen molar-refractivity contribution in [2.24, 2.45) is 0 Å². The molecule has 0 spiro atoms. The van der Waals surface area contributed by atoms with E-state index in [9.17, 15) is 18.7 Å². The fraction of sp³-hybridized carbons (Fsp3) is 0.174. The maximum absolute atomic E-state index is 13.9. The average molecular weight is 505 g/mol.